The molecule has 36 heavy (non-hydrogen) atoms. The third-order valence-corrected chi connectivity index (χ3v) is 7.07. The largest absolute Gasteiger partial charge is 0.373 e. The lowest BCUT2D eigenvalue weighted by atomic mass is 10.2. The molecule has 1 saturated heterocycles. The summed E-state index contributed by atoms with van der Waals surface area (Å²) in [5.74, 6) is -0.437. The van der Waals surface area contributed by atoms with Crippen LogP contribution in [0.15, 0.2) is 37.1 Å². The van der Waals surface area contributed by atoms with Gasteiger partial charge in [-0.05, 0) is 26.8 Å². The van der Waals surface area contributed by atoms with Gasteiger partial charge in [0.05, 0.1) is 64.9 Å². The fraction of sp³-hybridized carbons (Fsp3) is 0.375. The predicted octanol–water partition coefficient (Wildman–Crippen LogP) is 2.80. The molecule has 2 amide bonds. The van der Waals surface area contributed by atoms with Crippen LogP contribution in [0, 0.1) is 6.92 Å². The first-order valence-electron chi connectivity index (χ1n) is 11.7. The monoisotopic (exact) mass is 508 g/mol. The minimum absolute atomic E-state index is 0.0866. The molecule has 1 aliphatic rings. The van der Waals surface area contributed by atoms with Gasteiger partial charge in [0, 0.05) is 38.1 Å². The van der Waals surface area contributed by atoms with Gasteiger partial charge < -0.3 is 15.4 Å². The third-order valence-electron chi connectivity index (χ3n) is 5.91. The highest BCUT2D eigenvalue weighted by Gasteiger charge is 2.24. The van der Waals surface area contributed by atoms with E-state index in [0.717, 1.165) is 15.3 Å². The van der Waals surface area contributed by atoms with Gasteiger partial charge >= 0.3 is 0 Å². The zero-order valence-corrected chi connectivity index (χ0v) is 21.4. The lowest BCUT2D eigenvalue weighted by Crippen LogP contribution is -2.48. The van der Waals surface area contributed by atoms with E-state index in [2.05, 4.69) is 30.7 Å². The van der Waals surface area contributed by atoms with Crippen molar-refractivity contribution >= 4 is 39.4 Å². The van der Waals surface area contributed by atoms with E-state index >= 15 is 0 Å². The molecule has 2 atom stereocenters. The number of pyridine rings is 1. The molecule has 0 unspecified atom stereocenters. The molecule has 0 saturated carbocycles. The van der Waals surface area contributed by atoms with E-state index < -0.39 is 0 Å². The zero-order valence-electron chi connectivity index (χ0n) is 20.6. The lowest BCUT2D eigenvalue weighted by molar-refractivity contribution is -0.121. The number of nitrogens with one attached hydrogen (secondary N) is 2. The number of carbonyl (C=O) groups excluding carboxylic acids is 2. The maximum Gasteiger partial charge on any atom is 0.260 e. The second kappa shape index (κ2) is 9.80. The summed E-state index contributed by atoms with van der Waals surface area (Å²) in [5, 5.41) is 14.4. The van der Waals surface area contributed by atoms with Crippen molar-refractivity contribution < 1.29 is 14.3 Å². The van der Waals surface area contributed by atoms with Crippen LogP contribution < -0.4 is 10.6 Å². The Morgan fingerprint density at radius 2 is 1.89 bits per heavy atom. The van der Waals surface area contributed by atoms with Gasteiger partial charge in [0.25, 0.3) is 5.91 Å². The summed E-state index contributed by atoms with van der Waals surface area (Å²) in [6.07, 6.45) is 8.89. The summed E-state index contributed by atoms with van der Waals surface area (Å²) >= 11 is 1.47. The van der Waals surface area contributed by atoms with Crippen LogP contribution in [0.4, 0.5) is 11.4 Å². The third kappa shape index (κ3) is 5.15. The summed E-state index contributed by atoms with van der Waals surface area (Å²) < 4.78 is 9.15. The first-order chi connectivity index (χ1) is 17.2. The zero-order chi connectivity index (χ0) is 25.4. The maximum absolute atomic E-state index is 13.1. The molecule has 12 heteroatoms. The fourth-order valence-electron chi connectivity index (χ4n) is 4.36. The number of morpholine rings is 1. The number of aryl methyl sites for hydroxylation is 2. The van der Waals surface area contributed by atoms with E-state index in [9.17, 15) is 9.59 Å². The number of hydrogen-bond donors (Lipinski definition) is 2. The van der Waals surface area contributed by atoms with Crippen molar-refractivity contribution in [1.82, 2.24) is 29.3 Å². The van der Waals surface area contributed by atoms with Crippen molar-refractivity contribution in [2.45, 2.75) is 33.0 Å². The smallest absolute Gasteiger partial charge is 0.260 e. The number of amides is 2. The van der Waals surface area contributed by atoms with Gasteiger partial charge in [-0.2, -0.15) is 10.2 Å². The van der Waals surface area contributed by atoms with Crippen molar-refractivity contribution in [3.63, 3.8) is 0 Å². The van der Waals surface area contributed by atoms with Crippen LogP contribution in [0.1, 0.15) is 29.9 Å². The molecule has 188 valence electrons. The minimum atomic E-state index is -0.297. The van der Waals surface area contributed by atoms with Gasteiger partial charge in [-0.3, -0.25) is 24.2 Å². The number of thiazole rings is 1. The molecule has 5 heterocycles. The normalized spacial score (nSPS) is 18.4. The second-order valence-corrected chi connectivity index (χ2v) is 10.1. The van der Waals surface area contributed by atoms with E-state index in [1.165, 1.54) is 11.3 Å². The highest BCUT2D eigenvalue weighted by molar-refractivity contribution is 7.21. The summed E-state index contributed by atoms with van der Waals surface area (Å²) in [6, 6.07) is 1.72. The Kier molecular flexibility index (Phi) is 6.56. The molecule has 2 N–H and O–H groups in total. The molecule has 0 radical (unpaired) electrons. The van der Waals surface area contributed by atoms with Crippen LogP contribution in [-0.2, 0) is 16.6 Å². The molecule has 5 rings (SSSR count). The Balaban J connectivity index is 1.28. The molecule has 4 aromatic rings. The lowest BCUT2D eigenvalue weighted by Gasteiger charge is -2.34. The summed E-state index contributed by atoms with van der Waals surface area (Å²) in [5.41, 5.74) is 3.10. The van der Waals surface area contributed by atoms with Gasteiger partial charge in [-0.25, -0.2) is 4.52 Å². The van der Waals surface area contributed by atoms with Gasteiger partial charge in [0.2, 0.25) is 5.91 Å². The molecule has 0 spiro atoms. The Morgan fingerprint density at radius 1 is 1.11 bits per heavy atom. The average Bonchev–Trinajstić information content (AvgIpc) is 3.50. The van der Waals surface area contributed by atoms with Crippen molar-refractivity contribution in [2.75, 3.05) is 30.3 Å². The van der Waals surface area contributed by atoms with Crippen LogP contribution in [0.2, 0.25) is 0 Å². The van der Waals surface area contributed by atoms with Crippen molar-refractivity contribution in [1.29, 1.82) is 0 Å². The Hall–Kier alpha value is -3.61. The number of hydrogen-bond acceptors (Lipinski definition) is 8. The topological polar surface area (TPSA) is 119 Å². The number of anilines is 2. The number of rotatable bonds is 6. The molecule has 0 aliphatic carbocycles. The van der Waals surface area contributed by atoms with Crippen molar-refractivity contribution in [3.8, 4) is 10.4 Å². The quantitative estimate of drug-likeness (QED) is 0.411. The standard InChI is InChI=1S/C24H28N8O3S/c1-14-9-31(10-15(2)35-14)13-22(33)28-18-5-20(16(3)25-7-18)29-23(34)19-8-27-32-12-21(36-24(19)32)17-6-26-30(4)11-17/h5-8,11-12,14-15H,9-10,13H2,1-4H3,(H,28,33)(H,29,34)/t14-,15-/m0/s1. The van der Waals surface area contributed by atoms with Crippen LogP contribution in [0.5, 0.6) is 0 Å². The van der Waals surface area contributed by atoms with Crippen LogP contribution in [-0.4, -0.2) is 72.9 Å². The van der Waals surface area contributed by atoms with Crippen molar-refractivity contribution in [3.05, 3.63) is 48.3 Å². The molecule has 4 aromatic heterocycles. The van der Waals surface area contributed by atoms with E-state index in [-0.39, 0.29) is 30.6 Å². The van der Waals surface area contributed by atoms with Crippen LogP contribution >= 0.6 is 11.3 Å². The highest BCUT2D eigenvalue weighted by atomic mass is 32.1. The first kappa shape index (κ1) is 24.1. The summed E-state index contributed by atoms with van der Waals surface area (Å²) in [6.45, 7) is 7.48. The van der Waals surface area contributed by atoms with Gasteiger partial charge in [0.15, 0.2) is 0 Å². The fourth-order valence-corrected chi connectivity index (χ4v) is 5.39. The predicted molar refractivity (Wildman–Crippen MR) is 137 cm³/mol. The van der Waals surface area contributed by atoms with E-state index in [0.29, 0.717) is 35.7 Å². The summed E-state index contributed by atoms with van der Waals surface area (Å²) in [4.78, 5) is 33.9. The van der Waals surface area contributed by atoms with Crippen LogP contribution in [0.3, 0.4) is 0 Å². The van der Waals surface area contributed by atoms with E-state index in [1.807, 2.05) is 33.3 Å². The number of carbonyl (C=O) groups is 2. The Morgan fingerprint density at radius 3 is 2.61 bits per heavy atom. The van der Waals surface area contributed by atoms with Crippen molar-refractivity contribution in [2.24, 2.45) is 7.05 Å². The van der Waals surface area contributed by atoms with Gasteiger partial charge in [-0.15, -0.1) is 11.3 Å². The molecule has 1 fully saturated rings. The Labute approximate surface area is 212 Å². The molecule has 0 aromatic carbocycles. The van der Waals surface area contributed by atoms with E-state index in [4.69, 9.17) is 4.74 Å². The number of nitrogens with zero attached hydrogens (tertiary/aromatic N) is 6. The van der Waals surface area contributed by atoms with Crippen LogP contribution in [0.25, 0.3) is 15.3 Å². The number of aromatic nitrogens is 5. The first-order valence-corrected chi connectivity index (χ1v) is 12.5. The average molecular weight is 509 g/mol. The SMILES string of the molecule is Cc1ncc(NC(=O)CN2C[C@H](C)O[C@@H](C)C2)cc1NC(=O)c1cnn2cc(-c3cnn(C)c3)sc12. The number of fused-ring (bicyclic) bond motifs is 1. The molecule has 1 aliphatic heterocycles. The molecule has 0 bridgehead atoms. The Bertz CT molecular complexity index is 1410. The molecular weight excluding hydrogens is 480 g/mol. The van der Waals surface area contributed by atoms with Gasteiger partial charge in [0.1, 0.15) is 4.83 Å². The second-order valence-electron chi connectivity index (χ2n) is 9.12. The van der Waals surface area contributed by atoms with E-state index in [1.54, 1.807) is 40.8 Å². The highest BCUT2D eigenvalue weighted by Crippen LogP contribution is 2.30. The maximum atomic E-state index is 13.1. The minimum Gasteiger partial charge on any atom is -0.373 e. The molecular formula is C24H28N8O3S. The molecule has 11 nitrogen and oxygen atoms in total. The number of ether oxygens (including phenoxy) is 1. The van der Waals surface area contributed by atoms with Gasteiger partial charge in [-0.1, -0.05) is 0 Å². The summed E-state index contributed by atoms with van der Waals surface area (Å²) in [7, 11) is 1.86.